The first kappa shape index (κ1) is 13.5. The minimum absolute atomic E-state index is 0.0883. The van der Waals surface area contributed by atoms with Gasteiger partial charge in [0.1, 0.15) is 6.42 Å². The Morgan fingerprint density at radius 3 is 2.59 bits per heavy atom. The lowest BCUT2D eigenvalue weighted by Crippen LogP contribution is -2.46. The Morgan fingerprint density at radius 1 is 1.41 bits per heavy atom. The molecule has 1 aliphatic heterocycles. The Kier molecular flexibility index (Phi) is 5.47. The van der Waals surface area contributed by atoms with E-state index in [9.17, 15) is 9.59 Å². The van der Waals surface area contributed by atoms with Crippen LogP contribution in [0.1, 0.15) is 39.0 Å². The van der Waals surface area contributed by atoms with Gasteiger partial charge in [0.25, 0.3) is 0 Å². The number of piperidine rings is 1. The van der Waals surface area contributed by atoms with Gasteiger partial charge in [-0.2, -0.15) is 5.26 Å². The zero-order valence-electron chi connectivity index (χ0n) is 10.2. The van der Waals surface area contributed by atoms with Crippen molar-refractivity contribution in [2.24, 2.45) is 0 Å². The molecule has 1 heterocycles. The van der Waals surface area contributed by atoms with Gasteiger partial charge in [0.2, 0.25) is 11.8 Å². The first-order valence-electron chi connectivity index (χ1n) is 6.11. The Labute approximate surface area is 102 Å². The molecule has 1 saturated heterocycles. The van der Waals surface area contributed by atoms with Crippen LogP contribution in [0.25, 0.3) is 0 Å². The number of hydrogen-bond donors (Lipinski definition) is 1. The lowest BCUT2D eigenvalue weighted by atomic mass is 10.0. The molecule has 0 aromatic rings. The molecule has 0 spiro atoms. The first-order valence-corrected chi connectivity index (χ1v) is 6.11. The highest BCUT2D eigenvalue weighted by atomic mass is 16.2. The zero-order valence-corrected chi connectivity index (χ0v) is 10.2. The lowest BCUT2D eigenvalue weighted by Gasteiger charge is -2.32. The smallest absolute Gasteiger partial charge is 0.234 e. The van der Waals surface area contributed by atoms with Gasteiger partial charge in [-0.25, -0.2) is 0 Å². The van der Waals surface area contributed by atoms with Crippen molar-refractivity contribution < 1.29 is 9.59 Å². The summed E-state index contributed by atoms with van der Waals surface area (Å²) in [5, 5.41) is 11.2. The molecule has 1 fully saturated rings. The summed E-state index contributed by atoms with van der Waals surface area (Å²) < 4.78 is 0. The maximum Gasteiger partial charge on any atom is 0.234 e. The van der Waals surface area contributed by atoms with Crippen LogP contribution in [0, 0.1) is 11.3 Å². The zero-order chi connectivity index (χ0) is 12.7. The number of nitrogens with zero attached hydrogens (tertiary/aromatic N) is 2. The van der Waals surface area contributed by atoms with Gasteiger partial charge in [-0.1, -0.05) is 6.92 Å². The van der Waals surface area contributed by atoms with Crippen LogP contribution in [0.15, 0.2) is 0 Å². The number of hydrogen-bond acceptors (Lipinski definition) is 3. The van der Waals surface area contributed by atoms with Gasteiger partial charge in [0.15, 0.2) is 0 Å². The van der Waals surface area contributed by atoms with Crippen molar-refractivity contribution in [3.63, 3.8) is 0 Å². The number of nitrogens with one attached hydrogen (secondary N) is 1. The number of nitriles is 1. The van der Waals surface area contributed by atoms with Crippen LogP contribution < -0.4 is 5.32 Å². The molecule has 2 amide bonds. The van der Waals surface area contributed by atoms with Crippen LogP contribution in [0.2, 0.25) is 0 Å². The van der Waals surface area contributed by atoms with E-state index in [2.05, 4.69) is 5.32 Å². The van der Waals surface area contributed by atoms with Crippen LogP contribution in [0.4, 0.5) is 0 Å². The van der Waals surface area contributed by atoms with Crippen molar-refractivity contribution in [3.05, 3.63) is 0 Å². The Bertz CT molecular complexity index is 314. The molecule has 0 unspecified atom stereocenters. The van der Waals surface area contributed by atoms with Crippen molar-refractivity contribution in [1.82, 2.24) is 10.2 Å². The van der Waals surface area contributed by atoms with E-state index < -0.39 is 0 Å². The molecule has 17 heavy (non-hydrogen) atoms. The van der Waals surface area contributed by atoms with E-state index in [0.29, 0.717) is 19.5 Å². The Morgan fingerprint density at radius 2 is 2.06 bits per heavy atom. The predicted octanol–water partition coefficient (Wildman–Crippen LogP) is 0.807. The van der Waals surface area contributed by atoms with E-state index in [1.165, 1.54) is 0 Å². The summed E-state index contributed by atoms with van der Waals surface area (Å²) in [5.74, 6) is -0.0138. The first-order chi connectivity index (χ1) is 8.17. The van der Waals surface area contributed by atoms with Crippen LogP contribution in [0.3, 0.4) is 0 Å². The molecule has 0 atom stereocenters. The van der Waals surface area contributed by atoms with Gasteiger partial charge in [0.05, 0.1) is 6.07 Å². The van der Waals surface area contributed by atoms with Crippen LogP contribution in [-0.2, 0) is 9.59 Å². The largest absolute Gasteiger partial charge is 0.352 e. The molecule has 0 saturated carbocycles. The topological polar surface area (TPSA) is 73.2 Å². The maximum absolute atomic E-state index is 11.6. The van der Waals surface area contributed by atoms with Crippen molar-refractivity contribution in [2.45, 2.75) is 45.1 Å². The molecule has 0 aliphatic carbocycles. The third-order valence-corrected chi connectivity index (χ3v) is 2.92. The number of likely N-dealkylation sites (tertiary alicyclic amines) is 1. The number of amides is 2. The highest BCUT2D eigenvalue weighted by Gasteiger charge is 2.22. The number of rotatable bonds is 4. The summed E-state index contributed by atoms with van der Waals surface area (Å²) in [4.78, 5) is 24.7. The molecular weight excluding hydrogens is 218 g/mol. The summed E-state index contributed by atoms with van der Waals surface area (Å²) in [5.41, 5.74) is 0. The average Bonchev–Trinajstić information content (AvgIpc) is 2.30. The monoisotopic (exact) mass is 237 g/mol. The van der Waals surface area contributed by atoms with Gasteiger partial charge < -0.3 is 10.2 Å². The van der Waals surface area contributed by atoms with Gasteiger partial charge in [-0.05, 0) is 19.3 Å². The van der Waals surface area contributed by atoms with Crippen LogP contribution >= 0.6 is 0 Å². The molecule has 0 aromatic carbocycles. The second-order valence-corrected chi connectivity index (χ2v) is 4.31. The molecule has 1 N–H and O–H groups in total. The molecule has 1 rings (SSSR count). The molecule has 0 bridgehead atoms. The van der Waals surface area contributed by atoms with Crippen LogP contribution in [-0.4, -0.2) is 35.8 Å². The highest BCUT2D eigenvalue weighted by molar-refractivity contribution is 5.78. The summed E-state index contributed by atoms with van der Waals surface area (Å²) in [6, 6.07) is 1.94. The van der Waals surface area contributed by atoms with Crippen molar-refractivity contribution in [1.29, 1.82) is 5.26 Å². The number of carbonyl (C=O) groups is 2. The fourth-order valence-corrected chi connectivity index (χ4v) is 2.00. The molecule has 1 aliphatic rings. The summed E-state index contributed by atoms with van der Waals surface area (Å²) in [6.07, 6.45) is 2.96. The average molecular weight is 237 g/mol. The highest BCUT2D eigenvalue weighted by Crippen LogP contribution is 2.12. The molecular formula is C12H19N3O2. The minimum Gasteiger partial charge on any atom is -0.352 e. The van der Waals surface area contributed by atoms with Crippen molar-refractivity contribution in [3.8, 4) is 6.07 Å². The normalized spacial score (nSPS) is 16.4. The second-order valence-electron chi connectivity index (χ2n) is 4.31. The standard InChI is InChI=1S/C12H19N3O2/c1-2-3-12(17)15-8-5-10(6-9-15)14-11(16)4-7-13/h10H,2-6,8-9H2,1H3,(H,14,16). The van der Waals surface area contributed by atoms with Crippen molar-refractivity contribution >= 4 is 11.8 Å². The Hall–Kier alpha value is -1.57. The Balaban J connectivity index is 2.28. The van der Waals surface area contributed by atoms with Crippen LogP contribution in [0.5, 0.6) is 0 Å². The predicted molar refractivity (Wildman–Crippen MR) is 62.9 cm³/mol. The van der Waals surface area contributed by atoms with E-state index >= 15 is 0 Å². The fraction of sp³-hybridized carbons (Fsp3) is 0.750. The van der Waals surface area contributed by atoms with E-state index in [0.717, 1.165) is 19.3 Å². The second kappa shape index (κ2) is 6.89. The van der Waals surface area contributed by atoms with Gasteiger partial charge in [0, 0.05) is 25.6 Å². The fourth-order valence-electron chi connectivity index (χ4n) is 2.00. The van der Waals surface area contributed by atoms with E-state index in [4.69, 9.17) is 5.26 Å². The van der Waals surface area contributed by atoms with E-state index in [1.807, 2.05) is 17.9 Å². The third kappa shape index (κ3) is 4.43. The van der Waals surface area contributed by atoms with E-state index in [-0.39, 0.29) is 24.3 Å². The molecule has 5 nitrogen and oxygen atoms in total. The summed E-state index contributed by atoms with van der Waals surface area (Å²) in [7, 11) is 0. The van der Waals surface area contributed by atoms with Gasteiger partial charge in [-0.3, -0.25) is 9.59 Å². The van der Waals surface area contributed by atoms with Gasteiger partial charge in [-0.15, -0.1) is 0 Å². The minimum atomic E-state index is -0.217. The summed E-state index contributed by atoms with van der Waals surface area (Å²) in [6.45, 7) is 3.40. The van der Waals surface area contributed by atoms with Crippen molar-refractivity contribution in [2.75, 3.05) is 13.1 Å². The van der Waals surface area contributed by atoms with E-state index in [1.54, 1.807) is 0 Å². The lowest BCUT2D eigenvalue weighted by molar-refractivity contribution is -0.132. The number of carbonyl (C=O) groups excluding carboxylic acids is 2. The molecule has 94 valence electrons. The summed E-state index contributed by atoms with van der Waals surface area (Å²) >= 11 is 0. The third-order valence-electron chi connectivity index (χ3n) is 2.92. The van der Waals surface area contributed by atoms with Gasteiger partial charge >= 0.3 is 0 Å². The molecule has 0 radical (unpaired) electrons. The maximum atomic E-state index is 11.6. The SMILES string of the molecule is CCCC(=O)N1CCC(NC(=O)CC#N)CC1. The quantitative estimate of drug-likeness (QED) is 0.786. The molecule has 5 heteroatoms. The molecule has 0 aromatic heterocycles.